The number of urea groups is 1. The van der Waals surface area contributed by atoms with Crippen LogP contribution in [0, 0.1) is 5.82 Å². The van der Waals surface area contributed by atoms with Crippen molar-refractivity contribution in [2.24, 2.45) is 7.05 Å². The quantitative estimate of drug-likeness (QED) is 0.586. The molecule has 8 heteroatoms. The van der Waals surface area contributed by atoms with Gasteiger partial charge in [-0.2, -0.15) is 0 Å². The summed E-state index contributed by atoms with van der Waals surface area (Å²) in [5.41, 5.74) is 1.02. The summed E-state index contributed by atoms with van der Waals surface area (Å²) >= 11 is 0. The molecular weight excluding hydrogens is 399 g/mol. The first-order valence-corrected chi connectivity index (χ1v) is 10.1. The fraction of sp³-hybridized carbons (Fsp3) is 0.304. The van der Waals surface area contributed by atoms with Gasteiger partial charge in [0.2, 0.25) is 5.91 Å². The molecule has 1 aromatic carbocycles. The van der Waals surface area contributed by atoms with Gasteiger partial charge in [-0.05, 0) is 50.2 Å². The van der Waals surface area contributed by atoms with Crippen molar-refractivity contribution in [1.82, 2.24) is 14.4 Å². The van der Waals surface area contributed by atoms with Crippen LogP contribution in [0.25, 0.3) is 0 Å². The maximum absolute atomic E-state index is 13.9. The zero-order chi connectivity index (χ0) is 22.4. The summed E-state index contributed by atoms with van der Waals surface area (Å²) in [6, 6.07) is 12.5. The first-order valence-electron chi connectivity index (χ1n) is 10.1. The molecule has 0 aliphatic heterocycles. The summed E-state index contributed by atoms with van der Waals surface area (Å²) in [4.78, 5) is 29.1. The average Bonchev–Trinajstić information content (AvgIpc) is 3.39. The molecule has 1 N–H and O–H groups in total. The first-order chi connectivity index (χ1) is 14.8. The maximum atomic E-state index is 13.9. The summed E-state index contributed by atoms with van der Waals surface area (Å²) in [7, 11) is 1.91. The molecule has 31 heavy (non-hydrogen) atoms. The molecule has 3 rings (SSSR count). The minimum atomic E-state index is -0.537. The molecule has 2 aromatic heterocycles. The lowest BCUT2D eigenvalue weighted by Gasteiger charge is -2.30. The van der Waals surface area contributed by atoms with E-state index >= 15 is 0 Å². The molecule has 0 bridgehead atoms. The zero-order valence-corrected chi connectivity index (χ0v) is 17.9. The van der Waals surface area contributed by atoms with Gasteiger partial charge >= 0.3 is 6.03 Å². The van der Waals surface area contributed by atoms with Crippen molar-refractivity contribution in [3.05, 3.63) is 78.3 Å². The van der Waals surface area contributed by atoms with Gasteiger partial charge in [0.1, 0.15) is 18.1 Å². The number of para-hydroxylation sites is 1. The van der Waals surface area contributed by atoms with Crippen LogP contribution in [-0.4, -0.2) is 38.9 Å². The van der Waals surface area contributed by atoms with Crippen molar-refractivity contribution in [2.45, 2.75) is 33.0 Å². The van der Waals surface area contributed by atoms with Crippen LogP contribution in [-0.2, 0) is 24.9 Å². The Morgan fingerprint density at radius 1 is 1.10 bits per heavy atom. The van der Waals surface area contributed by atoms with E-state index in [0.717, 1.165) is 5.69 Å². The third-order valence-corrected chi connectivity index (χ3v) is 4.99. The van der Waals surface area contributed by atoms with Crippen molar-refractivity contribution < 1.29 is 18.4 Å². The molecule has 3 amide bonds. The summed E-state index contributed by atoms with van der Waals surface area (Å²) in [6.45, 7) is 4.11. The lowest BCUT2D eigenvalue weighted by Crippen LogP contribution is -2.47. The number of furan rings is 1. The monoisotopic (exact) mass is 426 g/mol. The van der Waals surface area contributed by atoms with Gasteiger partial charge in [-0.1, -0.05) is 12.1 Å². The maximum Gasteiger partial charge on any atom is 0.322 e. The molecule has 164 valence electrons. The van der Waals surface area contributed by atoms with E-state index in [1.807, 2.05) is 43.8 Å². The van der Waals surface area contributed by atoms with Crippen molar-refractivity contribution in [3.8, 4) is 0 Å². The number of nitrogens with zero attached hydrogens (tertiary/aromatic N) is 3. The van der Waals surface area contributed by atoms with E-state index in [1.54, 1.807) is 35.4 Å². The van der Waals surface area contributed by atoms with Gasteiger partial charge in [0.05, 0.1) is 25.0 Å². The van der Waals surface area contributed by atoms with Crippen LogP contribution in [0.1, 0.15) is 25.3 Å². The highest BCUT2D eigenvalue weighted by Gasteiger charge is 2.25. The smallest absolute Gasteiger partial charge is 0.322 e. The fourth-order valence-corrected chi connectivity index (χ4v) is 3.16. The fourth-order valence-electron chi connectivity index (χ4n) is 3.16. The van der Waals surface area contributed by atoms with Gasteiger partial charge in [-0.3, -0.25) is 4.79 Å². The Morgan fingerprint density at radius 3 is 2.48 bits per heavy atom. The molecule has 7 nitrogen and oxygen atoms in total. The highest BCUT2D eigenvalue weighted by Crippen LogP contribution is 2.16. The van der Waals surface area contributed by atoms with E-state index in [9.17, 15) is 14.0 Å². The second kappa shape index (κ2) is 9.97. The Labute approximate surface area is 181 Å². The Balaban J connectivity index is 1.75. The van der Waals surface area contributed by atoms with E-state index in [0.29, 0.717) is 12.3 Å². The Bertz CT molecular complexity index is 1010. The predicted octanol–water partition coefficient (Wildman–Crippen LogP) is 4.23. The zero-order valence-electron chi connectivity index (χ0n) is 17.9. The van der Waals surface area contributed by atoms with Gasteiger partial charge in [-0.15, -0.1) is 0 Å². The van der Waals surface area contributed by atoms with Crippen LogP contribution in [0.3, 0.4) is 0 Å². The number of halogens is 1. The molecule has 0 saturated carbocycles. The molecule has 0 aliphatic rings. The van der Waals surface area contributed by atoms with Crippen LogP contribution < -0.4 is 5.32 Å². The standard InChI is InChI=1S/C23H27FN4O3/c1-17(2)28(23(30)25-21-11-5-4-10-20(21)24)16-22(29)27(15-19-9-7-13-31-19)14-18-8-6-12-26(18)3/h4-13,17H,14-16H2,1-3H3,(H,25,30). The van der Waals surface area contributed by atoms with Crippen LogP contribution in [0.15, 0.2) is 65.4 Å². The van der Waals surface area contributed by atoms with Crippen LogP contribution in [0.5, 0.6) is 0 Å². The largest absolute Gasteiger partial charge is 0.467 e. The topological polar surface area (TPSA) is 70.7 Å². The van der Waals surface area contributed by atoms with Gasteiger partial charge in [0, 0.05) is 25.0 Å². The summed E-state index contributed by atoms with van der Waals surface area (Å²) < 4.78 is 21.3. The van der Waals surface area contributed by atoms with Gasteiger partial charge in [0.25, 0.3) is 0 Å². The number of carbonyl (C=O) groups is 2. The summed E-state index contributed by atoms with van der Waals surface area (Å²) in [6.07, 6.45) is 3.47. The van der Waals surface area contributed by atoms with Gasteiger partial charge in [0.15, 0.2) is 0 Å². The highest BCUT2D eigenvalue weighted by molar-refractivity contribution is 5.92. The van der Waals surface area contributed by atoms with Crippen LogP contribution in [0.2, 0.25) is 0 Å². The second-order valence-electron chi connectivity index (χ2n) is 7.57. The molecule has 0 saturated heterocycles. The van der Waals surface area contributed by atoms with Crippen molar-refractivity contribution in [2.75, 3.05) is 11.9 Å². The number of aryl methyl sites for hydroxylation is 1. The first kappa shape index (κ1) is 22.1. The van der Waals surface area contributed by atoms with Gasteiger partial charge < -0.3 is 24.1 Å². The number of anilines is 1. The minimum absolute atomic E-state index is 0.0712. The molecule has 0 spiro atoms. The second-order valence-corrected chi connectivity index (χ2v) is 7.57. The third kappa shape index (κ3) is 5.75. The number of hydrogen-bond acceptors (Lipinski definition) is 3. The third-order valence-electron chi connectivity index (χ3n) is 4.99. The highest BCUT2D eigenvalue weighted by atomic mass is 19.1. The Hall–Kier alpha value is -3.55. The molecule has 0 unspecified atom stereocenters. The number of amides is 3. The molecule has 0 atom stereocenters. The van der Waals surface area contributed by atoms with E-state index in [-0.39, 0.29) is 30.7 Å². The predicted molar refractivity (Wildman–Crippen MR) is 116 cm³/mol. The minimum Gasteiger partial charge on any atom is -0.467 e. The number of benzene rings is 1. The van der Waals surface area contributed by atoms with E-state index in [1.165, 1.54) is 17.0 Å². The number of aromatic nitrogens is 1. The molecule has 0 fully saturated rings. The van der Waals surface area contributed by atoms with Crippen molar-refractivity contribution in [1.29, 1.82) is 0 Å². The average molecular weight is 426 g/mol. The number of nitrogens with one attached hydrogen (secondary N) is 1. The number of hydrogen-bond donors (Lipinski definition) is 1. The molecule has 3 aromatic rings. The lowest BCUT2D eigenvalue weighted by atomic mass is 10.2. The molecular formula is C23H27FN4O3. The van der Waals surface area contributed by atoms with Crippen molar-refractivity contribution in [3.63, 3.8) is 0 Å². The van der Waals surface area contributed by atoms with Crippen LogP contribution in [0.4, 0.5) is 14.9 Å². The SMILES string of the molecule is CC(C)N(CC(=O)N(Cc1ccco1)Cc1cccn1C)C(=O)Nc1ccccc1F. The van der Waals surface area contributed by atoms with Crippen LogP contribution >= 0.6 is 0 Å². The van der Waals surface area contributed by atoms with Crippen molar-refractivity contribution >= 4 is 17.6 Å². The summed E-state index contributed by atoms with van der Waals surface area (Å²) in [5.74, 6) is -0.126. The summed E-state index contributed by atoms with van der Waals surface area (Å²) in [5, 5.41) is 2.55. The van der Waals surface area contributed by atoms with E-state index in [4.69, 9.17) is 4.42 Å². The molecule has 2 heterocycles. The van der Waals surface area contributed by atoms with E-state index < -0.39 is 11.8 Å². The van der Waals surface area contributed by atoms with Gasteiger partial charge in [-0.25, -0.2) is 9.18 Å². The number of carbonyl (C=O) groups excluding carboxylic acids is 2. The Morgan fingerprint density at radius 2 is 1.87 bits per heavy atom. The molecule has 0 radical (unpaired) electrons. The Kier molecular flexibility index (Phi) is 7.12. The lowest BCUT2D eigenvalue weighted by molar-refractivity contribution is -0.133. The molecule has 0 aliphatic carbocycles. The number of rotatable bonds is 8. The van der Waals surface area contributed by atoms with E-state index in [2.05, 4.69) is 5.32 Å². The normalized spacial score (nSPS) is 10.9.